The van der Waals surface area contributed by atoms with E-state index < -0.39 is 5.92 Å². The summed E-state index contributed by atoms with van der Waals surface area (Å²) in [4.78, 5) is 17.3. The highest BCUT2D eigenvalue weighted by molar-refractivity contribution is 6.35. The van der Waals surface area contributed by atoms with E-state index in [1.165, 1.54) is 0 Å². The topological polar surface area (TPSA) is 63.2 Å². The van der Waals surface area contributed by atoms with Crippen LogP contribution in [-0.2, 0) is 4.74 Å². The molecule has 1 aromatic heterocycles. The fourth-order valence-corrected chi connectivity index (χ4v) is 3.82. The highest BCUT2D eigenvalue weighted by Gasteiger charge is 2.34. The van der Waals surface area contributed by atoms with E-state index in [1.54, 1.807) is 19.2 Å². The summed E-state index contributed by atoms with van der Waals surface area (Å²) < 4.78 is 31.6. The van der Waals surface area contributed by atoms with Gasteiger partial charge in [-0.2, -0.15) is 0 Å². The number of fused-ring (bicyclic) bond motifs is 1. The monoisotopic (exact) mass is 425 g/mol. The maximum atomic E-state index is 13.3. The summed E-state index contributed by atoms with van der Waals surface area (Å²) in [6, 6.07) is 7.06. The Labute approximate surface area is 174 Å². The van der Waals surface area contributed by atoms with E-state index >= 15 is 0 Å². The van der Waals surface area contributed by atoms with Crippen molar-refractivity contribution in [3.8, 4) is 0 Å². The molecule has 0 radical (unpaired) electrons. The zero-order valence-electron chi connectivity index (χ0n) is 16.4. The number of carbonyl (C=O) groups excluding carboxylic acids is 1. The van der Waals surface area contributed by atoms with Crippen LogP contribution in [0.25, 0.3) is 10.9 Å². The van der Waals surface area contributed by atoms with Crippen molar-refractivity contribution in [3.05, 3.63) is 34.9 Å². The van der Waals surface area contributed by atoms with Crippen LogP contribution < -0.4 is 10.6 Å². The lowest BCUT2D eigenvalue weighted by Crippen LogP contribution is -2.34. The predicted octanol–water partition coefficient (Wildman–Crippen LogP) is 4.89. The summed E-state index contributed by atoms with van der Waals surface area (Å²) in [5, 5.41) is 7.09. The second kappa shape index (κ2) is 9.67. The maximum absolute atomic E-state index is 13.3. The van der Waals surface area contributed by atoms with Gasteiger partial charge in [0, 0.05) is 45.0 Å². The molecule has 1 fully saturated rings. The molecule has 158 valence electrons. The molecule has 0 saturated heterocycles. The first-order valence-electron chi connectivity index (χ1n) is 9.88. The Balaban J connectivity index is 1.67. The lowest BCUT2D eigenvalue weighted by atomic mass is 9.87. The molecular weight excluding hydrogens is 400 g/mol. The summed E-state index contributed by atoms with van der Waals surface area (Å²) in [6.07, 6.45) is 1.45. The molecule has 5 nitrogen and oxygen atoms in total. The van der Waals surface area contributed by atoms with Crippen LogP contribution in [0.4, 0.5) is 14.6 Å². The SMILES string of the molecule is COCCCNc1ccc2c(C(=O)NCC3CCC(F)(F)CC3)c(Cl)ccc2n1. The molecule has 0 spiro atoms. The minimum Gasteiger partial charge on any atom is -0.385 e. The number of pyridine rings is 1. The quantitative estimate of drug-likeness (QED) is 0.591. The van der Waals surface area contributed by atoms with Gasteiger partial charge in [0.05, 0.1) is 16.1 Å². The molecule has 3 rings (SSSR count). The van der Waals surface area contributed by atoms with Crippen molar-refractivity contribution in [2.24, 2.45) is 5.92 Å². The molecule has 0 atom stereocenters. The van der Waals surface area contributed by atoms with Gasteiger partial charge >= 0.3 is 0 Å². The minimum atomic E-state index is -2.57. The van der Waals surface area contributed by atoms with Crippen molar-refractivity contribution in [2.45, 2.75) is 38.0 Å². The fourth-order valence-electron chi connectivity index (χ4n) is 3.57. The number of alkyl halides is 2. The normalized spacial score (nSPS) is 16.7. The number of amides is 1. The zero-order chi connectivity index (χ0) is 20.9. The fraction of sp³-hybridized carbons (Fsp3) is 0.524. The van der Waals surface area contributed by atoms with Gasteiger partial charge < -0.3 is 15.4 Å². The van der Waals surface area contributed by atoms with Crippen LogP contribution >= 0.6 is 11.6 Å². The number of carbonyl (C=O) groups is 1. The van der Waals surface area contributed by atoms with Crippen molar-refractivity contribution < 1.29 is 18.3 Å². The Morgan fingerprint density at radius 3 is 2.76 bits per heavy atom. The minimum absolute atomic E-state index is 0.0633. The van der Waals surface area contributed by atoms with Crippen LogP contribution in [0.2, 0.25) is 5.02 Å². The average molecular weight is 426 g/mol. The summed E-state index contributed by atoms with van der Waals surface area (Å²) in [7, 11) is 1.66. The largest absolute Gasteiger partial charge is 0.385 e. The average Bonchev–Trinajstić information content (AvgIpc) is 2.70. The van der Waals surface area contributed by atoms with Gasteiger partial charge in [-0.05, 0) is 49.4 Å². The molecular formula is C21H26ClF2N3O2. The van der Waals surface area contributed by atoms with Crippen molar-refractivity contribution in [3.63, 3.8) is 0 Å². The van der Waals surface area contributed by atoms with Gasteiger partial charge in [0.1, 0.15) is 5.82 Å². The number of aromatic nitrogens is 1. The lowest BCUT2D eigenvalue weighted by Gasteiger charge is -2.28. The molecule has 0 bridgehead atoms. The number of methoxy groups -OCH3 is 1. The van der Waals surface area contributed by atoms with Crippen LogP contribution in [0.15, 0.2) is 24.3 Å². The van der Waals surface area contributed by atoms with Gasteiger partial charge in [-0.25, -0.2) is 13.8 Å². The summed E-state index contributed by atoms with van der Waals surface area (Å²) in [5.74, 6) is -2.10. The van der Waals surface area contributed by atoms with Gasteiger partial charge in [-0.3, -0.25) is 4.79 Å². The number of nitrogens with zero attached hydrogens (tertiary/aromatic N) is 1. The van der Waals surface area contributed by atoms with Crippen LogP contribution in [0, 0.1) is 5.92 Å². The van der Waals surface area contributed by atoms with Gasteiger partial charge in [0.2, 0.25) is 5.92 Å². The molecule has 29 heavy (non-hydrogen) atoms. The van der Waals surface area contributed by atoms with Gasteiger partial charge in [0.25, 0.3) is 5.91 Å². The lowest BCUT2D eigenvalue weighted by molar-refractivity contribution is -0.0452. The second-order valence-electron chi connectivity index (χ2n) is 7.47. The molecule has 2 aromatic rings. The highest BCUT2D eigenvalue weighted by Crippen LogP contribution is 2.36. The zero-order valence-corrected chi connectivity index (χ0v) is 17.2. The van der Waals surface area contributed by atoms with Crippen molar-refractivity contribution in [1.82, 2.24) is 10.3 Å². The number of rotatable bonds is 8. The molecule has 2 N–H and O–H groups in total. The molecule has 1 saturated carbocycles. The molecule has 0 unspecified atom stereocenters. The number of ether oxygens (including phenoxy) is 1. The molecule has 0 aliphatic heterocycles. The number of benzene rings is 1. The van der Waals surface area contributed by atoms with E-state index in [0.29, 0.717) is 53.3 Å². The molecule has 1 aliphatic rings. The molecule has 8 heteroatoms. The third kappa shape index (κ3) is 5.76. The Kier molecular flexibility index (Phi) is 7.24. The van der Waals surface area contributed by atoms with Crippen molar-refractivity contribution in [1.29, 1.82) is 0 Å². The Bertz CT molecular complexity index is 853. The van der Waals surface area contributed by atoms with Gasteiger partial charge in [0.15, 0.2) is 0 Å². The summed E-state index contributed by atoms with van der Waals surface area (Å²) in [6.45, 7) is 1.76. The molecule has 1 heterocycles. The maximum Gasteiger partial charge on any atom is 0.253 e. The van der Waals surface area contributed by atoms with Crippen LogP contribution in [0.1, 0.15) is 42.5 Å². The molecule has 1 amide bonds. The number of halogens is 3. The number of nitrogens with one attached hydrogen (secondary N) is 2. The smallest absolute Gasteiger partial charge is 0.253 e. The summed E-state index contributed by atoms with van der Waals surface area (Å²) in [5.41, 5.74) is 1.03. The molecule has 1 aliphatic carbocycles. The Hall–Kier alpha value is -1.99. The third-order valence-electron chi connectivity index (χ3n) is 5.27. The van der Waals surface area contributed by atoms with Crippen LogP contribution in [0.5, 0.6) is 0 Å². The van der Waals surface area contributed by atoms with E-state index in [0.717, 1.165) is 13.0 Å². The number of anilines is 1. The first-order chi connectivity index (χ1) is 13.9. The first-order valence-corrected chi connectivity index (χ1v) is 10.3. The van der Waals surface area contributed by atoms with E-state index in [9.17, 15) is 13.6 Å². The standard InChI is InChI=1S/C21H26ClF2N3O2/c1-29-12-2-11-25-18-6-3-15-17(27-18)5-4-16(22)19(15)20(28)26-13-14-7-9-21(23,24)10-8-14/h3-6,14H,2,7-13H2,1H3,(H,25,27)(H,26,28). The number of hydrogen-bond acceptors (Lipinski definition) is 4. The van der Waals surface area contributed by atoms with E-state index in [4.69, 9.17) is 16.3 Å². The van der Waals surface area contributed by atoms with Gasteiger partial charge in [-0.15, -0.1) is 0 Å². The van der Waals surface area contributed by atoms with E-state index in [1.807, 2.05) is 12.1 Å². The predicted molar refractivity (Wildman–Crippen MR) is 111 cm³/mol. The Morgan fingerprint density at radius 1 is 1.28 bits per heavy atom. The van der Waals surface area contributed by atoms with Crippen LogP contribution in [-0.4, -0.2) is 43.6 Å². The Morgan fingerprint density at radius 2 is 2.03 bits per heavy atom. The highest BCUT2D eigenvalue weighted by atomic mass is 35.5. The first kappa shape index (κ1) is 21.7. The van der Waals surface area contributed by atoms with Crippen molar-refractivity contribution >= 4 is 34.2 Å². The van der Waals surface area contributed by atoms with E-state index in [2.05, 4.69) is 15.6 Å². The molecule has 1 aromatic carbocycles. The van der Waals surface area contributed by atoms with Crippen molar-refractivity contribution in [2.75, 3.05) is 32.1 Å². The van der Waals surface area contributed by atoms with Crippen LogP contribution in [0.3, 0.4) is 0 Å². The third-order valence-corrected chi connectivity index (χ3v) is 5.58. The number of hydrogen-bond donors (Lipinski definition) is 2. The van der Waals surface area contributed by atoms with E-state index in [-0.39, 0.29) is 24.7 Å². The summed E-state index contributed by atoms with van der Waals surface area (Å²) >= 11 is 6.30. The van der Waals surface area contributed by atoms with Gasteiger partial charge in [-0.1, -0.05) is 11.6 Å². The second-order valence-corrected chi connectivity index (χ2v) is 7.88.